The zero-order chi connectivity index (χ0) is 15.4. The van der Waals surface area contributed by atoms with Gasteiger partial charge in [-0.15, -0.1) is 0 Å². The summed E-state index contributed by atoms with van der Waals surface area (Å²) in [4.78, 5) is 0. The van der Waals surface area contributed by atoms with Gasteiger partial charge in [-0.2, -0.15) is 18.3 Å². The van der Waals surface area contributed by atoms with E-state index in [4.69, 9.17) is 4.74 Å². The smallest absolute Gasteiger partial charge is 0.355 e. The maximum Gasteiger partial charge on any atom is 0.424 e. The molecule has 6 heteroatoms. The molecule has 0 amide bonds. The predicted molar refractivity (Wildman–Crippen MR) is 74.8 cm³/mol. The van der Waals surface area contributed by atoms with E-state index in [-0.39, 0.29) is 12.2 Å². The minimum Gasteiger partial charge on any atom is -0.355 e. The topological polar surface area (TPSA) is 30.4 Å². The first kappa shape index (κ1) is 13.3. The number of hydrogen-bond acceptors (Lipinski definition) is 2. The van der Waals surface area contributed by atoms with Crippen molar-refractivity contribution < 1.29 is 17.9 Å². The molecule has 0 spiro atoms. The number of hydrogen-bond donors (Lipinski definition) is 0. The number of para-hydroxylation sites is 1. The van der Waals surface area contributed by atoms with Crippen molar-refractivity contribution >= 4 is 10.9 Å². The second kappa shape index (κ2) is 4.33. The van der Waals surface area contributed by atoms with Crippen LogP contribution in [0.5, 0.6) is 0 Å². The number of aromatic nitrogens is 2. The van der Waals surface area contributed by atoms with Crippen molar-refractivity contribution in [2.45, 2.75) is 11.8 Å². The zero-order valence-corrected chi connectivity index (χ0v) is 11.3. The Morgan fingerprint density at radius 3 is 2.45 bits per heavy atom. The van der Waals surface area contributed by atoms with Crippen LogP contribution in [0.3, 0.4) is 0 Å². The molecular formula is C16H11F3N2O. The van der Waals surface area contributed by atoms with Crippen molar-refractivity contribution in [3.63, 3.8) is 0 Å². The van der Waals surface area contributed by atoms with E-state index in [9.17, 15) is 13.2 Å². The largest absolute Gasteiger partial charge is 0.424 e. The van der Waals surface area contributed by atoms with Gasteiger partial charge in [0.15, 0.2) is 0 Å². The Kier molecular flexibility index (Phi) is 2.62. The molecule has 1 fully saturated rings. The summed E-state index contributed by atoms with van der Waals surface area (Å²) in [5, 5.41) is 4.92. The predicted octanol–water partition coefficient (Wildman–Crippen LogP) is 3.81. The molecule has 1 unspecified atom stereocenters. The Labute approximate surface area is 123 Å². The number of alkyl halides is 3. The number of rotatable bonds is 2. The lowest BCUT2D eigenvalue weighted by atomic mass is 9.98. The average molecular weight is 304 g/mol. The highest BCUT2D eigenvalue weighted by molar-refractivity contribution is 5.81. The molecule has 1 aromatic heterocycles. The van der Waals surface area contributed by atoms with Gasteiger partial charge in [0, 0.05) is 5.39 Å². The highest BCUT2D eigenvalue weighted by Gasteiger charge is 2.67. The van der Waals surface area contributed by atoms with E-state index in [2.05, 4.69) is 5.10 Å². The van der Waals surface area contributed by atoms with Gasteiger partial charge in [-0.25, -0.2) is 4.68 Å². The molecule has 1 atom stereocenters. The maximum absolute atomic E-state index is 13.1. The van der Waals surface area contributed by atoms with Gasteiger partial charge in [-0.3, -0.25) is 0 Å². The summed E-state index contributed by atoms with van der Waals surface area (Å²) in [6.45, 7) is -0.325. The van der Waals surface area contributed by atoms with Crippen molar-refractivity contribution in [3.8, 4) is 5.69 Å². The molecule has 2 heterocycles. The normalized spacial score (nSPS) is 21.2. The van der Waals surface area contributed by atoms with Crippen LogP contribution in [-0.2, 0) is 10.3 Å². The quantitative estimate of drug-likeness (QED) is 0.674. The van der Waals surface area contributed by atoms with E-state index in [0.29, 0.717) is 5.39 Å². The standard InChI is InChI=1S/C16H11F3N2O/c17-16(18,19)15(10-22-15)12-6-7-14-11(8-12)9-20-21(14)13-4-2-1-3-5-13/h1-9H,10H2. The lowest BCUT2D eigenvalue weighted by molar-refractivity contribution is -0.187. The molecule has 0 N–H and O–H groups in total. The van der Waals surface area contributed by atoms with E-state index in [1.807, 2.05) is 30.3 Å². The lowest BCUT2D eigenvalue weighted by Crippen LogP contribution is -2.30. The number of fused-ring (bicyclic) bond motifs is 1. The number of halogens is 3. The molecule has 112 valence electrons. The number of nitrogens with zero attached hydrogens (tertiary/aromatic N) is 2. The van der Waals surface area contributed by atoms with Crippen molar-refractivity contribution in [1.29, 1.82) is 0 Å². The van der Waals surface area contributed by atoms with Crippen LogP contribution < -0.4 is 0 Å². The van der Waals surface area contributed by atoms with E-state index >= 15 is 0 Å². The fraction of sp³-hybridized carbons (Fsp3) is 0.188. The first-order valence-electron chi connectivity index (χ1n) is 6.76. The monoisotopic (exact) mass is 304 g/mol. The Morgan fingerprint density at radius 2 is 1.82 bits per heavy atom. The van der Waals surface area contributed by atoms with Gasteiger partial charge in [0.1, 0.15) is 0 Å². The molecule has 1 aliphatic heterocycles. The van der Waals surface area contributed by atoms with Gasteiger partial charge in [0.2, 0.25) is 5.60 Å². The lowest BCUT2D eigenvalue weighted by Gasteiger charge is -2.16. The Bertz CT molecular complexity index is 835. The molecule has 0 radical (unpaired) electrons. The summed E-state index contributed by atoms with van der Waals surface area (Å²) in [5.41, 5.74) is -0.401. The molecule has 0 aliphatic carbocycles. The molecule has 4 rings (SSSR count). The third-order valence-corrected chi connectivity index (χ3v) is 3.93. The molecule has 0 bridgehead atoms. The third kappa shape index (κ3) is 1.84. The molecule has 3 aromatic rings. The van der Waals surface area contributed by atoms with Crippen molar-refractivity contribution in [3.05, 3.63) is 60.3 Å². The molecule has 22 heavy (non-hydrogen) atoms. The third-order valence-electron chi connectivity index (χ3n) is 3.93. The molecule has 1 aliphatic rings. The minimum absolute atomic E-state index is 0.125. The summed E-state index contributed by atoms with van der Waals surface area (Å²) >= 11 is 0. The second-order valence-corrected chi connectivity index (χ2v) is 5.28. The maximum atomic E-state index is 13.1. The first-order valence-corrected chi connectivity index (χ1v) is 6.76. The van der Waals surface area contributed by atoms with Gasteiger partial charge in [-0.1, -0.05) is 24.3 Å². The number of epoxide rings is 1. The number of benzene rings is 2. The second-order valence-electron chi connectivity index (χ2n) is 5.28. The summed E-state index contributed by atoms with van der Waals surface area (Å²) in [6, 6.07) is 14.1. The van der Waals surface area contributed by atoms with Gasteiger partial charge in [-0.05, 0) is 29.8 Å². The van der Waals surface area contributed by atoms with Crippen molar-refractivity contribution in [1.82, 2.24) is 9.78 Å². The molecule has 0 saturated carbocycles. The number of ether oxygens (including phenoxy) is 1. The summed E-state index contributed by atoms with van der Waals surface area (Å²) in [7, 11) is 0. The highest BCUT2D eigenvalue weighted by atomic mass is 19.4. The van der Waals surface area contributed by atoms with Crippen molar-refractivity contribution in [2.24, 2.45) is 0 Å². The van der Waals surface area contributed by atoms with Crippen LogP contribution in [0.2, 0.25) is 0 Å². The van der Waals surface area contributed by atoms with Gasteiger partial charge in [0.05, 0.1) is 24.0 Å². The van der Waals surface area contributed by atoms with E-state index < -0.39 is 11.8 Å². The molecule has 2 aromatic carbocycles. The van der Waals surface area contributed by atoms with Crippen LogP contribution in [-0.4, -0.2) is 22.6 Å². The first-order chi connectivity index (χ1) is 10.5. The fourth-order valence-corrected chi connectivity index (χ4v) is 2.63. The van der Waals surface area contributed by atoms with Crippen LogP contribution in [0.15, 0.2) is 54.7 Å². The Balaban J connectivity index is 1.82. The Morgan fingerprint density at radius 1 is 1.09 bits per heavy atom. The van der Waals surface area contributed by atoms with E-state index in [1.54, 1.807) is 16.9 Å². The summed E-state index contributed by atoms with van der Waals surface area (Å²) < 4.78 is 45.8. The fourth-order valence-electron chi connectivity index (χ4n) is 2.63. The van der Waals surface area contributed by atoms with E-state index in [1.165, 1.54) is 12.1 Å². The SMILES string of the molecule is FC(F)(F)C1(c2ccc3c(cnn3-c3ccccc3)c2)CO1. The molecular weight excluding hydrogens is 293 g/mol. The Hall–Kier alpha value is -2.34. The van der Waals surface area contributed by atoms with Gasteiger partial charge < -0.3 is 4.74 Å². The molecule has 1 saturated heterocycles. The van der Waals surface area contributed by atoms with Crippen molar-refractivity contribution in [2.75, 3.05) is 6.61 Å². The molecule has 3 nitrogen and oxygen atoms in total. The average Bonchev–Trinajstić information content (AvgIpc) is 3.23. The van der Waals surface area contributed by atoms with Crippen LogP contribution in [0, 0.1) is 0 Å². The summed E-state index contributed by atoms with van der Waals surface area (Å²) in [5.74, 6) is 0. The highest BCUT2D eigenvalue weighted by Crippen LogP contribution is 2.52. The van der Waals surface area contributed by atoms with Gasteiger partial charge >= 0.3 is 6.18 Å². The van der Waals surface area contributed by atoms with Crippen LogP contribution in [0.1, 0.15) is 5.56 Å². The minimum atomic E-state index is -4.41. The van der Waals surface area contributed by atoms with Gasteiger partial charge in [0.25, 0.3) is 0 Å². The summed E-state index contributed by atoms with van der Waals surface area (Å²) in [6.07, 6.45) is -2.84. The van der Waals surface area contributed by atoms with Crippen LogP contribution >= 0.6 is 0 Å². The zero-order valence-electron chi connectivity index (χ0n) is 11.3. The van der Waals surface area contributed by atoms with E-state index in [0.717, 1.165) is 11.2 Å². The van der Waals surface area contributed by atoms with Crippen LogP contribution in [0.4, 0.5) is 13.2 Å². The van der Waals surface area contributed by atoms with Crippen LogP contribution in [0.25, 0.3) is 16.6 Å².